The number of hydrogen-bond acceptors (Lipinski definition) is 3. The van der Waals surface area contributed by atoms with Crippen molar-refractivity contribution in [3.05, 3.63) is 34.6 Å². The van der Waals surface area contributed by atoms with Crippen LogP contribution in [0.15, 0.2) is 0 Å². The Balaban J connectivity index is 2.38. The minimum atomic E-state index is -3.12. The fourth-order valence-corrected chi connectivity index (χ4v) is 4.66. The summed E-state index contributed by atoms with van der Waals surface area (Å²) in [7, 11) is -3.12. The summed E-state index contributed by atoms with van der Waals surface area (Å²) in [5.41, 5.74) is -0.768. The van der Waals surface area contributed by atoms with Crippen LogP contribution in [0.2, 0.25) is 6.04 Å². The van der Waals surface area contributed by atoms with Gasteiger partial charge in [-0.3, -0.25) is 0 Å². The van der Waals surface area contributed by atoms with Gasteiger partial charge in [0.2, 0.25) is 5.82 Å². The highest BCUT2D eigenvalue weighted by molar-refractivity contribution is 6.59. The average Bonchev–Trinajstić information content (AvgIpc) is 2.60. The molecule has 0 bridgehead atoms. The van der Waals surface area contributed by atoms with E-state index in [1.807, 2.05) is 0 Å². The van der Waals surface area contributed by atoms with Crippen LogP contribution in [-0.4, -0.2) is 26.8 Å². The molecule has 0 fully saturated rings. The zero-order chi connectivity index (χ0) is 19.7. The van der Waals surface area contributed by atoms with Gasteiger partial charge in [0.1, 0.15) is 0 Å². The lowest BCUT2D eigenvalue weighted by molar-refractivity contribution is 0.107. The molecule has 0 saturated carbocycles. The number of rotatable bonds is 12. The molecule has 1 N–H and O–H groups in total. The van der Waals surface area contributed by atoms with Gasteiger partial charge in [-0.05, 0) is 33.1 Å². The number of hydrogen-bond donors (Lipinski definition) is 1. The Morgan fingerprint density at radius 3 is 1.62 bits per heavy atom. The van der Waals surface area contributed by atoms with Crippen molar-refractivity contribution in [3.63, 3.8) is 0 Å². The van der Waals surface area contributed by atoms with Gasteiger partial charge in [-0.25, -0.2) is 22.0 Å². The first-order valence-electron chi connectivity index (χ1n) is 8.78. The van der Waals surface area contributed by atoms with Crippen LogP contribution in [0.3, 0.4) is 0 Å². The number of benzene rings is 1. The Morgan fingerprint density at radius 1 is 0.692 bits per heavy atom. The van der Waals surface area contributed by atoms with Crippen molar-refractivity contribution in [2.24, 2.45) is 0 Å². The minimum absolute atomic E-state index is 0.220. The Kier molecular flexibility index (Phi) is 9.70. The van der Waals surface area contributed by atoms with Crippen LogP contribution in [0.5, 0.6) is 0 Å². The van der Waals surface area contributed by atoms with Crippen LogP contribution in [0.25, 0.3) is 0 Å². The van der Waals surface area contributed by atoms with E-state index < -0.39 is 43.5 Å². The summed E-state index contributed by atoms with van der Waals surface area (Å²) >= 11 is 0. The van der Waals surface area contributed by atoms with E-state index in [0.717, 1.165) is 6.42 Å². The molecule has 1 aromatic rings. The second kappa shape index (κ2) is 11.0. The van der Waals surface area contributed by atoms with Gasteiger partial charge in [-0.15, -0.1) is 0 Å². The first-order valence-corrected chi connectivity index (χ1v) is 10.7. The van der Waals surface area contributed by atoms with Gasteiger partial charge < -0.3 is 13.6 Å². The molecule has 0 spiro atoms. The van der Waals surface area contributed by atoms with Gasteiger partial charge >= 0.3 is 8.80 Å². The molecular formula is C17H25F5O3Si. The molecule has 0 radical (unpaired) electrons. The molecule has 26 heavy (non-hydrogen) atoms. The molecule has 0 aliphatic heterocycles. The lowest BCUT2D eigenvalue weighted by Gasteiger charge is -2.22. The molecule has 0 aliphatic carbocycles. The minimum Gasteiger partial charge on any atom is -0.390 e. The highest BCUT2D eigenvalue weighted by Gasteiger charge is 2.35. The maximum absolute atomic E-state index is 13.5. The summed E-state index contributed by atoms with van der Waals surface area (Å²) in [6.45, 7) is 4.28. The van der Waals surface area contributed by atoms with Crippen molar-refractivity contribution in [1.82, 2.24) is 0 Å². The molecule has 0 aromatic heterocycles. The highest BCUT2D eigenvalue weighted by Crippen LogP contribution is 2.25. The van der Waals surface area contributed by atoms with Crippen LogP contribution < -0.4 is 0 Å². The van der Waals surface area contributed by atoms with E-state index in [1.54, 1.807) is 13.8 Å². The third-order valence-electron chi connectivity index (χ3n) is 3.96. The second-order valence-corrected chi connectivity index (χ2v) is 8.40. The molecule has 3 nitrogen and oxygen atoms in total. The van der Waals surface area contributed by atoms with Crippen molar-refractivity contribution in [1.29, 1.82) is 0 Å². The largest absolute Gasteiger partial charge is 0.498 e. The Labute approximate surface area is 151 Å². The molecule has 0 heterocycles. The quantitative estimate of drug-likeness (QED) is 0.179. The van der Waals surface area contributed by atoms with E-state index in [1.165, 1.54) is 0 Å². The molecule has 1 aromatic carbocycles. The van der Waals surface area contributed by atoms with Crippen LogP contribution in [0.1, 0.15) is 51.5 Å². The first-order chi connectivity index (χ1) is 12.3. The van der Waals surface area contributed by atoms with E-state index in [0.29, 0.717) is 44.9 Å². The Bertz CT molecular complexity index is 551. The second-order valence-electron chi connectivity index (χ2n) is 5.89. The molecule has 0 saturated heterocycles. The Morgan fingerprint density at radius 2 is 1.12 bits per heavy atom. The molecule has 9 heteroatoms. The smallest absolute Gasteiger partial charge is 0.390 e. The summed E-state index contributed by atoms with van der Waals surface area (Å²) in [4.78, 5) is 10.2. The van der Waals surface area contributed by atoms with Gasteiger partial charge in [0, 0.05) is 24.8 Å². The van der Waals surface area contributed by atoms with Gasteiger partial charge in [0.05, 0.1) is 0 Å². The van der Waals surface area contributed by atoms with E-state index in [4.69, 9.17) is 8.85 Å². The molecule has 0 atom stereocenters. The predicted molar refractivity (Wildman–Crippen MR) is 89.1 cm³/mol. The van der Waals surface area contributed by atoms with Crippen LogP contribution in [0.4, 0.5) is 22.0 Å². The predicted octanol–water partition coefficient (Wildman–Crippen LogP) is 4.88. The molecule has 0 aliphatic rings. The van der Waals surface area contributed by atoms with Gasteiger partial charge in [-0.2, -0.15) is 0 Å². The van der Waals surface area contributed by atoms with E-state index >= 15 is 0 Å². The lowest BCUT2D eigenvalue weighted by Crippen LogP contribution is -2.42. The summed E-state index contributed by atoms with van der Waals surface area (Å²) in [5.74, 6) is -9.47. The molecule has 150 valence electrons. The van der Waals surface area contributed by atoms with E-state index in [9.17, 15) is 26.7 Å². The van der Waals surface area contributed by atoms with Crippen molar-refractivity contribution in [2.75, 3.05) is 13.2 Å². The summed E-state index contributed by atoms with van der Waals surface area (Å²) in [6.07, 6.45) is 2.78. The van der Waals surface area contributed by atoms with E-state index in [2.05, 4.69) is 0 Å². The molecule has 1 rings (SSSR count). The van der Waals surface area contributed by atoms with Crippen molar-refractivity contribution < 1.29 is 35.6 Å². The van der Waals surface area contributed by atoms with E-state index in [-0.39, 0.29) is 6.42 Å². The van der Waals surface area contributed by atoms with Crippen LogP contribution >= 0.6 is 0 Å². The van der Waals surface area contributed by atoms with Crippen LogP contribution in [-0.2, 0) is 15.3 Å². The SMILES string of the molecule is CCO[Si](O)(CCCCCCCc1c(F)c(F)c(F)c(F)c1F)OCC. The highest BCUT2D eigenvalue weighted by atomic mass is 28.4. The number of unbranched alkanes of at least 4 members (excludes halogenated alkanes) is 4. The fraction of sp³-hybridized carbons (Fsp3) is 0.647. The van der Waals surface area contributed by atoms with Crippen molar-refractivity contribution in [3.8, 4) is 0 Å². The van der Waals surface area contributed by atoms with Crippen molar-refractivity contribution in [2.45, 2.75) is 58.4 Å². The van der Waals surface area contributed by atoms with Gasteiger partial charge in [0.15, 0.2) is 23.3 Å². The fourth-order valence-electron chi connectivity index (χ4n) is 2.69. The first kappa shape index (κ1) is 23.0. The van der Waals surface area contributed by atoms with Gasteiger partial charge in [0.25, 0.3) is 0 Å². The summed E-state index contributed by atoms with van der Waals surface area (Å²) in [6, 6.07) is 0.423. The third kappa shape index (κ3) is 6.29. The molecular weight excluding hydrogens is 375 g/mol. The zero-order valence-electron chi connectivity index (χ0n) is 15.0. The standard InChI is InChI=1S/C17H25F5O3Si/c1-3-24-26(23,25-4-2)11-9-7-5-6-8-10-12-13(18)15(20)17(22)16(21)14(12)19/h23H,3-11H2,1-2H3. The molecule has 0 unspecified atom stereocenters. The topological polar surface area (TPSA) is 38.7 Å². The van der Waals surface area contributed by atoms with Gasteiger partial charge in [-0.1, -0.05) is 19.3 Å². The van der Waals surface area contributed by atoms with Crippen LogP contribution in [0, 0.1) is 29.1 Å². The normalized spacial score (nSPS) is 12.0. The monoisotopic (exact) mass is 400 g/mol. The Hall–Kier alpha value is -1.03. The maximum Gasteiger partial charge on any atom is 0.498 e. The lowest BCUT2D eigenvalue weighted by atomic mass is 10.0. The summed E-state index contributed by atoms with van der Waals surface area (Å²) < 4.78 is 76.9. The summed E-state index contributed by atoms with van der Waals surface area (Å²) in [5, 5.41) is 0. The molecule has 0 amide bonds. The van der Waals surface area contributed by atoms with Crippen molar-refractivity contribution >= 4 is 8.80 Å². The maximum atomic E-state index is 13.5. The average molecular weight is 400 g/mol. The number of halogens is 5. The zero-order valence-corrected chi connectivity index (χ0v) is 16.0. The third-order valence-corrected chi connectivity index (χ3v) is 6.42.